The number of benzene rings is 3. The summed E-state index contributed by atoms with van der Waals surface area (Å²) in [5.74, 6) is 0.441. The zero-order valence-corrected chi connectivity index (χ0v) is 15.6. The molecule has 0 aliphatic carbocycles. The molecule has 0 bridgehead atoms. The average molecular weight is 382 g/mol. The van der Waals surface area contributed by atoms with Crippen LogP contribution in [0, 0.1) is 0 Å². The smallest absolute Gasteiger partial charge is 0.415 e. The molecule has 1 saturated heterocycles. The summed E-state index contributed by atoms with van der Waals surface area (Å²) < 4.78 is 11.3. The van der Waals surface area contributed by atoms with Gasteiger partial charge in [-0.2, -0.15) is 0 Å². The summed E-state index contributed by atoms with van der Waals surface area (Å²) in [6.45, 7) is 0.292. The molecule has 1 aromatic heterocycles. The van der Waals surface area contributed by atoms with Crippen LogP contribution in [0.3, 0.4) is 0 Å². The molecule has 1 aliphatic rings. The van der Waals surface area contributed by atoms with Crippen molar-refractivity contribution >= 4 is 29.0 Å². The number of carbonyl (C=O) groups excluding carboxylic acids is 1. The third-order valence-corrected chi connectivity index (χ3v) is 4.96. The number of fused-ring (bicyclic) bond motifs is 1. The van der Waals surface area contributed by atoms with Crippen molar-refractivity contribution in [2.45, 2.75) is 6.04 Å². The van der Waals surface area contributed by atoms with Gasteiger partial charge in [0.25, 0.3) is 0 Å². The van der Waals surface area contributed by atoms with Crippen LogP contribution in [-0.4, -0.2) is 22.6 Å². The number of hydrogen-bond acceptors (Lipinski definition) is 4. The number of rotatable bonds is 4. The quantitative estimate of drug-likeness (QED) is 0.466. The molecule has 0 unspecified atom stereocenters. The fourth-order valence-corrected chi connectivity index (χ4v) is 3.58. The summed E-state index contributed by atoms with van der Waals surface area (Å²) in [6.07, 6.45) is 1.42. The molecule has 5 nitrogen and oxygen atoms in total. The molecular weight excluding hydrogens is 364 g/mol. The normalized spacial score (nSPS) is 17.0. The number of amides is 1. The maximum Gasteiger partial charge on any atom is 0.415 e. The van der Waals surface area contributed by atoms with Gasteiger partial charge in [0.1, 0.15) is 12.1 Å². The molecule has 1 amide bonds. The maximum atomic E-state index is 12.7. The Morgan fingerprint density at radius 1 is 0.931 bits per heavy atom. The number of cyclic esters (lactones) is 1. The molecule has 1 aliphatic heterocycles. The predicted octanol–water partition coefficient (Wildman–Crippen LogP) is 5.52. The van der Waals surface area contributed by atoms with Gasteiger partial charge >= 0.3 is 6.09 Å². The Morgan fingerprint density at radius 2 is 1.62 bits per heavy atom. The monoisotopic (exact) mass is 382 g/mol. The molecule has 2 heterocycles. The minimum absolute atomic E-state index is 0.223. The molecule has 0 radical (unpaired) electrons. The minimum atomic E-state index is -0.384. The molecule has 1 atom stereocenters. The van der Waals surface area contributed by atoms with E-state index in [9.17, 15) is 4.79 Å². The molecule has 3 aromatic carbocycles. The fraction of sp³-hybridized carbons (Fsp3) is 0.0833. The second-order valence-corrected chi connectivity index (χ2v) is 6.79. The maximum absolute atomic E-state index is 12.7. The summed E-state index contributed by atoms with van der Waals surface area (Å²) >= 11 is 0. The van der Waals surface area contributed by atoms with Crippen LogP contribution in [0.15, 0.2) is 89.3 Å². The van der Waals surface area contributed by atoms with E-state index in [2.05, 4.69) is 4.98 Å². The van der Waals surface area contributed by atoms with Crippen LogP contribution < -0.4 is 0 Å². The number of ether oxygens (including phenoxy) is 1. The lowest BCUT2D eigenvalue weighted by Crippen LogP contribution is -2.26. The molecule has 29 heavy (non-hydrogen) atoms. The predicted molar refractivity (Wildman–Crippen MR) is 111 cm³/mol. The molecule has 0 saturated carbocycles. The van der Waals surface area contributed by atoms with Gasteiger partial charge in [-0.3, -0.25) is 4.90 Å². The first-order valence-electron chi connectivity index (χ1n) is 9.43. The molecule has 5 rings (SSSR count). The second-order valence-electron chi connectivity index (χ2n) is 6.79. The van der Waals surface area contributed by atoms with E-state index < -0.39 is 0 Å². The average Bonchev–Trinajstić information content (AvgIpc) is 3.36. The van der Waals surface area contributed by atoms with Crippen molar-refractivity contribution in [2.75, 3.05) is 6.61 Å². The summed E-state index contributed by atoms with van der Waals surface area (Å²) in [7, 11) is 0. The van der Waals surface area contributed by atoms with E-state index in [1.165, 1.54) is 0 Å². The minimum Gasteiger partial charge on any atom is -0.447 e. The SMILES string of the molecule is O=C1OC[C@@H](c2ccccc2)N1C(=Cc1nc2ccccc2o1)c1ccccc1. The van der Waals surface area contributed by atoms with Crippen molar-refractivity contribution in [3.05, 3.63) is 102 Å². The van der Waals surface area contributed by atoms with Crippen molar-refractivity contribution in [2.24, 2.45) is 0 Å². The van der Waals surface area contributed by atoms with Crippen LogP contribution in [0.4, 0.5) is 4.79 Å². The topological polar surface area (TPSA) is 55.6 Å². The lowest BCUT2D eigenvalue weighted by molar-refractivity contribution is 0.167. The van der Waals surface area contributed by atoms with Gasteiger partial charge in [-0.05, 0) is 23.3 Å². The summed E-state index contributed by atoms with van der Waals surface area (Å²) in [6, 6.07) is 27.0. The number of carbonyl (C=O) groups is 1. The van der Waals surface area contributed by atoms with E-state index in [0.717, 1.165) is 16.6 Å². The highest BCUT2D eigenvalue weighted by molar-refractivity contribution is 5.91. The van der Waals surface area contributed by atoms with Crippen molar-refractivity contribution in [3.63, 3.8) is 0 Å². The van der Waals surface area contributed by atoms with Gasteiger partial charge in [-0.15, -0.1) is 0 Å². The summed E-state index contributed by atoms with van der Waals surface area (Å²) in [4.78, 5) is 19.0. The zero-order valence-electron chi connectivity index (χ0n) is 15.6. The third kappa shape index (κ3) is 3.27. The van der Waals surface area contributed by atoms with Crippen LogP contribution in [-0.2, 0) is 4.74 Å². The Balaban J connectivity index is 1.64. The van der Waals surface area contributed by atoms with Crippen molar-refractivity contribution in [1.82, 2.24) is 9.88 Å². The molecule has 0 N–H and O–H groups in total. The van der Waals surface area contributed by atoms with Gasteiger partial charge in [0.2, 0.25) is 5.89 Å². The Bertz CT molecular complexity index is 1150. The fourth-order valence-electron chi connectivity index (χ4n) is 3.58. The number of aromatic nitrogens is 1. The van der Waals surface area contributed by atoms with Crippen LogP contribution in [0.5, 0.6) is 0 Å². The Labute approximate surface area is 167 Å². The van der Waals surface area contributed by atoms with E-state index >= 15 is 0 Å². The second kappa shape index (κ2) is 7.28. The Morgan fingerprint density at radius 3 is 2.38 bits per heavy atom. The van der Waals surface area contributed by atoms with Gasteiger partial charge in [0, 0.05) is 6.08 Å². The lowest BCUT2D eigenvalue weighted by atomic mass is 10.0. The van der Waals surface area contributed by atoms with Crippen LogP contribution in [0.2, 0.25) is 0 Å². The van der Waals surface area contributed by atoms with Crippen LogP contribution in [0.25, 0.3) is 22.9 Å². The van der Waals surface area contributed by atoms with E-state index in [1.807, 2.05) is 84.9 Å². The number of para-hydroxylation sites is 2. The number of hydrogen-bond donors (Lipinski definition) is 0. The van der Waals surface area contributed by atoms with Gasteiger partial charge in [-0.1, -0.05) is 72.8 Å². The first kappa shape index (κ1) is 17.3. The standard InChI is InChI=1S/C24H18N2O3/c27-24-26(21(16-28-24)18-11-5-2-6-12-18)20(17-9-3-1-4-10-17)15-23-25-19-13-7-8-14-22(19)29-23/h1-15,21H,16H2/t21-/m0/s1. The molecule has 0 spiro atoms. The highest BCUT2D eigenvalue weighted by Crippen LogP contribution is 2.36. The summed E-state index contributed by atoms with van der Waals surface area (Å²) in [5.41, 5.74) is 4.06. The van der Waals surface area contributed by atoms with Crippen molar-refractivity contribution < 1.29 is 13.9 Å². The van der Waals surface area contributed by atoms with Crippen LogP contribution in [0.1, 0.15) is 23.1 Å². The largest absolute Gasteiger partial charge is 0.447 e. The van der Waals surface area contributed by atoms with Crippen LogP contribution >= 0.6 is 0 Å². The van der Waals surface area contributed by atoms with E-state index in [4.69, 9.17) is 9.15 Å². The first-order valence-corrected chi connectivity index (χ1v) is 9.43. The Hall–Kier alpha value is -3.86. The molecule has 142 valence electrons. The highest BCUT2D eigenvalue weighted by atomic mass is 16.6. The van der Waals surface area contributed by atoms with Gasteiger partial charge in [-0.25, -0.2) is 9.78 Å². The van der Waals surface area contributed by atoms with E-state index in [1.54, 1.807) is 11.0 Å². The van der Waals surface area contributed by atoms with E-state index in [-0.39, 0.29) is 12.1 Å². The summed E-state index contributed by atoms with van der Waals surface area (Å²) in [5, 5.41) is 0. The third-order valence-electron chi connectivity index (χ3n) is 4.96. The van der Waals surface area contributed by atoms with Gasteiger partial charge in [0.15, 0.2) is 5.58 Å². The number of nitrogens with zero attached hydrogens (tertiary/aromatic N) is 2. The molecule has 4 aromatic rings. The van der Waals surface area contributed by atoms with E-state index in [0.29, 0.717) is 23.8 Å². The van der Waals surface area contributed by atoms with Crippen molar-refractivity contribution in [1.29, 1.82) is 0 Å². The molecule has 5 heteroatoms. The molecular formula is C24H18N2O3. The number of oxazole rings is 1. The van der Waals surface area contributed by atoms with Gasteiger partial charge < -0.3 is 9.15 Å². The zero-order chi connectivity index (χ0) is 19.6. The highest BCUT2D eigenvalue weighted by Gasteiger charge is 2.37. The molecule has 1 fully saturated rings. The lowest BCUT2D eigenvalue weighted by Gasteiger charge is -2.24. The van der Waals surface area contributed by atoms with Crippen molar-refractivity contribution in [3.8, 4) is 0 Å². The first-order chi connectivity index (χ1) is 14.3. The van der Waals surface area contributed by atoms with Gasteiger partial charge in [0.05, 0.1) is 11.7 Å². The Kier molecular flexibility index (Phi) is 4.33.